The van der Waals surface area contributed by atoms with Crippen LogP contribution in [0.15, 0.2) is 77.8 Å². The topological polar surface area (TPSA) is 101 Å². The average Bonchev–Trinajstić information content (AvgIpc) is 3.32. The third-order valence-corrected chi connectivity index (χ3v) is 7.31. The number of carbonyl (C=O) groups is 2. The number of piperazine rings is 1. The van der Waals surface area contributed by atoms with E-state index in [1.807, 2.05) is 60.7 Å². The quantitative estimate of drug-likeness (QED) is 0.272. The van der Waals surface area contributed by atoms with Crippen LogP contribution in [0, 0.1) is 0 Å². The van der Waals surface area contributed by atoms with Gasteiger partial charge in [0.05, 0.1) is 41.7 Å². The second-order valence-corrected chi connectivity index (χ2v) is 9.94. The highest BCUT2D eigenvalue weighted by molar-refractivity contribution is 6.23. The number of H-pyrrole nitrogens is 1. The van der Waals surface area contributed by atoms with Crippen molar-refractivity contribution in [3.8, 4) is 5.88 Å². The minimum Gasteiger partial charge on any atom is -0.494 e. The molecular formula is C31H33N5O4. The van der Waals surface area contributed by atoms with Crippen LogP contribution in [0.25, 0.3) is 10.9 Å². The molecule has 0 spiro atoms. The average molecular weight is 540 g/mol. The molecule has 1 aliphatic rings. The maximum Gasteiger partial charge on any atom is 0.339 e. The third-order valence-electron chi connectivity index (χ3n) is 7.31. The van der Waals surface area contributed by atoms with E-state index in [1.54, 1.807) is 24.1 Å². The van der Waals surface area contributed by atoms with Gasteiger partial charge in [0.1, 0.15) is 0 Å². The van der Waals surface area contributed by atoms with Crippen molar-refractivity contribution in [1.82, 2.24) is 14.8 Å². The van der Waals surface area contributed by atoms with Gasteiger partial charge >= 0.3 is 5.97 Å². The molecule has 0 aliphatic carbocycles. The molecule has 2 N–H and O–H groups in total. The molecular weight excluding hydrogens is 506 g/mol. The molecule has 9 heteroatoms. The number of aromatic nitrogens is 1. The van der Waals surface area contributed by atoms with Crippen LogP contribution in [0.2, 0.25) is 0 Å². The standard InChI is InChI=1S/C31H33N5O4/c1-34-16-18-36(19-17-34)20-26(37)35(2)23-14-12-22(13-15-23)32-28(21-8-5-4-6-9-21)27-24-10-7-11-25(31(39)40-3)29(24)33-30(27)38/h4-15,33,38H,16-20H2,1-3H3. The minimum absolute atomic E-state index is 0.0379. The van der Waals surface area contributed by atoms with E-state index in [0.717, 1.165) is 37.4 Å². The number of aromatic hydroxyl groups is 1. The van der Waals surface area contributed by atoms with Gasteiger partial charge in [0.2, 0.25) is 5.91 Å². The van der Waals surface area contributed by atoms with Gasteiger partial charge in [-0.2, -0.15) is 0 Å². The number of aromatic amines is 1. The molecule has 40 heavy (non-hydrogen) atoms. The number of amides is 1. The van der Waals surface area contributed by atoms with E-state index in [2.05, 4.69) is 21.8 Å². The molecule has 5 rings (SSSR count). The summed E-state index contributed by atoms with van der Waals surface area (Å²) in [5, 5.41) is 11.7. The highest BCUT2D eigenvalue weighted by atomic mass is 16.5. The Kier molecular flexibility index (Phi) is 7.95. The molecule has 0 atom stereocenters. The molecule has 1 aliphatic heterocycles. The number of esters is 1. The largest absolute Gasteiger partial charge is 0.494 e. The van der Waals surface area contributed by atoms with Crippen LogP contribution >= 0.6 is 0 Å². The summed E-state index contributed by atoms with van der Waals surface area (Å²) in [5.74, 6) is -0.561. The SMILES string of the molecule is COC(=O)c1cccc2c(C(=Nc3ccc(N(C)C(=O)CN4CCN(C)CC4)cc3)c3ccccc3)c(O)[nH]c12. The van der Waals surface area contributed by atoms with Gasteiger partial charge in [-0.1, -0.05) is 42.5 Å². The second-order valence-electron chi connectivity index (χ2n) is 9.94. The van der Waals surface area contributed by atoms with Gasteiger partial charge in [0.25, 0.3) is 0 Å². The van der Waals surface area contributed by atoms with Crippen molar-refractivity contribution in [2.24, 2.45) is 4.99 Å². The number of carbonyl (C=O) groups excluding carboxylic acids is 2. The van der Waals surface area contributed by atoms with Crippen molar-refractivity contribution < 1.29 is 19.4 Å². The zero-order chi connectivity index (χ0) is 28.2. The smallest absolute Gasteiger partial charge is 0.339 e. The van der Waals surface area contributed by atoms with E-state index in [9.17, 15) is 14.7 Å². The van der Waals surface area contributed by atoms with Gasteiger partial charge in [-0.3, -0.25) is 9.69 Å². The number of rotatable bonds is 7. The van der Waals surface area contributed by atoms with Crippen molar-refractivity contribution >= 4 is 39.9 Å². The van der Waals surface area contributed by atoms with Crippen molar-refractivity contribution in [3.05, 3.63) is 89.5 Å². The molecule has 0 bridgehead atoms. The molecule has 1 fully saturated rings. The van der Waals surface area contributed by atoms with E-state index < -0.39 is 5.97 Å². The molecule has 206 valence electrons. The van der Waals surface area contributed by atoms with Gasteiger partial charge < -0.3 is 24.6 Å². The van der Waals surface area contributed by atoms with Crippen LogP contribution in [-0.2, 0) is 9.53 Å². The van der Waals surface area contributed by atoms with E-state index >= 15 is 0 Å². The number of fused-ring (bicyclic) bond motifs is 1. The summed E-state index contributed by atoms with van der Waals surface area (Å²) in [6, 6.07) is 22.2. The lowest BCUT2D eigenvalue weighted by atomic mass is 9.99. The number of hydrogen-bond donors (Lipinski definition) is 2. The van der Waals surface area contributed by atoms with Crippen molar-refractivity contribution in [2.75, 3.05) is 58.8 Å². The number of hydrogen-bond acceptors (Lipinski definition) is 7. The van der Waals surface area contributed by atoms with Gasteiger partial charge in [-0.05, 0) is 37.4 Å². The number of nitrogens with zero attached hydrogens (tertiary/aromatic N) is 4. The summed E-state index contributed by atoms with van der Waals surface area (Å²) < 4.78 is 4.92. The van der Waals surface area contributed by atoms with Crippen LogP contribution in [-0.4, -0.2) is 91.4 Å². The van der Waals surface area contributed by atoms with Crippen LogP contribution in [0.3, 0.4) is 0 Å². The summed E-state index contributed by atoms with van der Waals surface area (Å²) in [4.78, 5) is 39.3. The molecule has 1 amide bonds. The van der Waals surface area contributed by atoms with Crippen LogP contribution < -0.4 is 4.90 Å². The number of likely N-dealkylation sites (N-methyl/N-ethyl adjacent to an activating group) is 2. The number of para-hydroxylation sites is 1. The molecule has 1 saturated heterocycles. The summed E-state index contributed by atoms with van der Waals surface area (Å²) in [6.07, 6.45) is 0. The first-order valence-corrected chi connectivity index (χ1v) is 13.2. The Balaban J connectivity index is 1.47. The van der Waals surface area contributed by atoms with Gasteiger partial charge in [-0.25, -0.2) is 9.79 Å². The first-order chi connectivity index (χ1) is 19.4. The van der Waals surface area contributed by atoms with Crippen LogP contribution in [0.1, 0.15) is 21.5 Å². The monoisotopic (exact) mass is 539 g/mol. The van der Waals surface area contributed by atoms with Crippen molar-refractivity contribution in [2.45, 2.75) is 0 Å². The Morgan fingerprint density at radius 3 is 2.35 bits per heavy atom. The van der Waals surface area contributed by atoms with Crippen LogP contribution in [0.5, 0.6) is 5.88 Å². The second kappa shape index (κ2) is 11.7. The highest BCUT2D eigenvalue weighted by Crippen LogP contribution is 2.33. The van der Waals surface area contributed by atoms with Crippen molar-refractivity contribution in [1.29, 1.82) is 0 Å². The van der Waals surface area contributed by atoms with Crippen LogP contribution in [0.4, 0.5) is 11.4 Å². The lowest BCUT2D eigenvalue weighted by Crippen LogP contribution is -2.48. The third kappa shape index (κ3) is 5.61. The van der Waals surface area contributed by atoms with E-state index in [-0.39, 0.29) is 11.8 Å². The fourth-order valence-corrected chi connectivity index (χ4v) is 4.91. The fraction of sp³-hybridized carbons (Fsp3) is 0.258. The summed E-state index contributed by atoms with van der Waals surface area (Å²) >= 11 is 0. The Labute approximate surface area is 233 Å². The van der Waals surface area contributed by atoms with Gasteiger partial charge in [-0.15, -0.1) is 0 Å². The van der Waals surface area contributed by atoms with Crippen molar-refractivity contribution in [3.63, 3.8) is 0 Å². The van der Waals surface area contributed by atoms with E-state index in [0.29, 0.717) is 40.0 Å². The molecule has 1 aromatic heterocycles. The number of aliphatic imine (C=N–C) groups is 1. The zero-order valence-electron chi connectivity index (χ0n) is 22.9. The lowest BCUT2D eigenvalue weighted by Gasteiger charge is -2.32. The fourth-order valence-electron chi connectivity index (χ4n) is 4.91. The Morgan fingerprint density at radius 1 is 0.975 bits per heavy atom. The number of methoxy groups -OCH3 is 1. The first-order valence-electron chi connectivity index (χ1n) is 13.2. The summed E-state index contributed by atoms with van der Waals surface area (Å²) in [7, 11) is 5.20. The molecule has 0 saturated carbocycles. The Bertz CT molecular complexity index is 1540. The Morgan fingerprint density at radius 2 is 1.68 bits per heavy atom. The van der Waals surface area contributed by atoms with E-state index in [4.69, 9.17) is 9.73 Å². The summed E-state index contributed by atoms with van der Waals surface area (Å²) in [5.41, 5.74) is 4.04. The maximum atomic E-state index is 12.9. The number of benzene rings is 3. The number of nitrogens with one attached hydrogen (secondary N) is 1. The Hall–Kier alpha value is -4.47. The lowest BCUT2D eigenvalue weighted by molar-refractivity contribution is -0.119. The molecule has 4 aromatic rings. The number of anilines is 1. The van der Waals surface area contributed by atoms with E-state index in [1.165, 1.54) is 7.11 Å². The molecule has 0 unspecified atom stereocenters. The van der Waals surface area contributed by atoms with Gasteiger partial charge in [0, 0.05) is 49.9 Å². The molecule has 3 aromatic carbocycles. The zero-order valence-corrected chi connectivity index (χ0v) is 22.9. The number of ether oxygens (including phenoxy) is 1. The highest BCUT2D eigenvalue weighted by Gasteiger charge is 2.23. The van der Waals surface area contributed by atoms with Gasteiger partial charge in [0.15, 0.2) is 5.88 Å². The predicted octanol–water partition coefficient (Wildman–Crippen LogP) is 4.04. The maximum absolute atomic E-state index is 12.9. The minimum atomic E-state index is -0.501. The first kappa shape index (κ1) is 27.1. The molecule has 9 nitrogen and oxygen atoms in total. The summed E-state index contributed by atoms with van der Waals surface area (Å²) in [6.45, 7) is 4.07. The normalized spacial score (nSPS) is 14.8. The molecule has 0 radical (unpaired) electrons. The predicted molar refractivity (Wildman–Crippen MR) is 157 cm³/mol. The molecule has 2 heterocycles.